The summed E-state index contributed by atoms with van der Waals surface area (Å²) < 4.78 is 27.6. The van der Waals surface area contributed by atoms with Gasteiger partial charge in [0.2, 0.25) is 10.0 Å². The zero-order chi connectivity index (χ0) is 21.8. The predicted octanol–water partition coefficient (Wildman–Crippen LogP) is 3.35. The number of nitrogens with one attached hydrogen (secondary N) is 2. The second-order valence-electron chi connectivity index (χ2n) is 7.40. The predicted molar refractivity (Wildman–Crippen MR) is 118 cm³/mol. The van der Waals surface area contributed by atoms with E-state index in [1.807, 2.05) is 42.5 Å². The van der Waals surface area contributed by atoms with Crippen molar-refractivity contribution < 1.29 is 18.4 Å². The summed E-state index contributed by atoms with van der Waals surface area (Å²) >= 11 is 0. The van der Waals surface area contributed by atoms with Gasteiger partial charge < -0.3 is 5.32 Å². The van der Waals surface area contributed by atoms with Gasteiger partial charge in [0.1, 0.15) is 0 Å². The summed E-state index contributed by atoms with van der Waals surface area (Å²) in [5, 5.41) is 12.0. The van der Waals surface area contributed by atoms with Crippen LogP contribution in [0.25, 0.3) is 11.1 Å². The van der Waals surface area contributed by atoms with E-state index in [1.165, 1.54) is 4.31 Å². The lowest BCUT2D eigenvalue weighted by Gasteiger charge is -2.18. The minimum absolute atomic E-state index is 0.0316. The van der Waals surface area contributed by atoms with Crippen LogP contribution in [0.15, 0.2) is 83.8 Å². The van der Waals surface area contributed by atoms with Gasteiger partial charge in [0.05, 0.1) is 4.90 Å². The van der Waals surface area contributed by atoms with E-state index in [0.29, 0.717) is 25.1 Å². The van der Waals surface area contributed by atoms with Crippen LogP contribution in [-0.2, 0) is 10.0 Å². The summed E-state index contributed by atoms with van der Waals surface area (Å²) in [7, 11) is -3.57. The van der Waals surface area contributed by atoms with Crippen molar-refractivity contribution in [2.75, 3.05) is 18.4 Å². The molecule has 1 atom stereocenters. The van der Waals surface area contributed by atoms with Gasteiger partial charge >= 0.3 is 0 Å². The number of hydrogen-bond donors (Lipinski definition) is 3. The summed E-state index contributed by atoms with van der Waals surface area (Å²) in [6.07, 6.45) is 0.681. The molecule has 1 amide bonds. The standard InChI is InChI=1S/C23H23N3O4S/c27-23(25-28)19-6-10-20(11-7-19)24-21-14-15-26(16-21)31(29,30)22-12-8-18(9-13-22)17-4-2-1-3-5-17/h1-13,21,24,28H,14-16H2,(H,25,27). The lowest BCUT2D eigenvalue weighted by Crippen LogP contribution is -2.31. The third-order valence-electron chi connectivity index (χ3n) is 5.37. The molecule has 1 aliphatic heterocycles. The number of sulfonamides is 1. The minimum atomic E-state index is -3.57. The average molecular weight is 438 g/mol. The van der Waals surface area contributed by atoms with Crippen molar-refractivity contribution in [1.29, 1.82) is 0 Å². The largest absolute Gasteiger partial charge is 0.381 e. The molecule has 0 bridgehead atoms. The summed E-state index contributed by atoms with van der Waals surface area (Å²) in [6, 6.07) is 23.4. The van der Waals surface area contributed by atoms with Gasteiger partial charge in [-0.15, -0.1) is 0 Å². The van der Waals surface area contributed by atoms with Gasteiger partial charge in [0.15, 0.2) is 0 Å². The zero-order valence-electron chi connectivity index (χ0n) is 16.7. The van der Waals surface area contributed by atoms with E-state index >= 15 is 0 Å². The van der Waals surface area contributed by atoms with Gasteiger partial charge in [-0.25, -0.2) is 13.9 Å². The Morgan fingerprint density at radius 1 is 0.903 bits per heavy atom. The van der Waals surface area contributed by atoms with Crippen LogP contribution in [0.3, 0.4) is 0 Å². The molecular weight excluding hydrogens is 414 g/mol. The molecule has 1 saturated heterocycles. The van der Waals surface area contributed by atoms with E-state index < -0.39 is 15.9 Å². The van der Waals surface area contributed by atoms with E-state index in [-0.39, 0.29) is 10.9 Å². The Balaban J connectivity index is 1.41. The fourth-order valence-corrected chi connectivity index (χ4v) is 5.18. The summed E-state index contributed by atoms with van der Waals surface area (Å²) in [6.45, 7) is 0.799. The second-order valence-corrected chi connectivity index (χ2v) is 9.34. The second kappa shape index (κ2) is 8.89. The fraction of sp³-hybridized carbons (Fsp3) is 0.174. The molecule has 1 aliphatic rings. The molecule has 3 N–H and O–H groups in total. The first kappa shape index (κ1) is 21.0. The Morgan fingerprint density at radius 2 is 1.55 bits per heavy atom. The van der Waals surface area contributed by atoms with Crippen molar-refractivity contribution >= 4 is 21.6 Å². The normalized spacial score (nSPS) is 16.7. The Hall–Kier alpha value is -3.20. The Bertz CT molecular complexity index is 1150. The fourth-order valence-electron chi connectivity index (χ4n) is 3.68. The molecule has 0 saturated carbocycles. The first-order valence-electron chi connectivity index (χ1n) is 9.94. The highest BCUT2D eigenvalue weighted by Gasteiger charge is 2.32. The van der Waals surface area contributed by atoms with E-state index in [1.54, 1.807) is 41.9 Å². The summed E-state index contributed by atoms with van der Waals surface area (Å²) in [4.78, 5) is 11.7. The van der Waals surface area contributed by atoms with Gasteiger partial charge in [-0.3, -0.25) is 10.0 Å². The van der Waals surface area contributed by atoms with Crippen LogP contribution < -0.4 is 10.8 Å². The Kier molecular flexibility index (Phi) is 6.03. The quantitative estimate of drug-likeness (QED) is 0.406. The molecule has 0 aliphatic carbocycles. The van der Waals surface area contributed by atoms with E-state index in [9.17, 15) is 13.2 Å². The highest BCUT2D eigenvalue weighted by atomic mass is 32.2. The third-order valence-corrected chi connectivity index (χ3v) is 7.25. The van der Waals surface area contributed by atoms with Crippen molar-refractivity contribution in [3.8, 4) is 11.1 Å². The SMILES string of the molecule is O=C(NO)c1ccc(NC2CCN(S(=O)(=O)c3ccc(-c4ccccc4)cc3)C2)cc1. The van der Waals surface area contributed by atoms with Crippen LogP contribution in [0.2, 0.25) is 0 Å². The molecule has 4 rings (SSSR count). The molecule has 7 nitrogen and oxygen atoms in total. The maximum Gasteiger partial charge on any atom is 0.274 e. The zero-order valence-corrected chi connectivity index (χ0v) is 17.5. The Labute approximate surface area is 181 Å². The summed E-state index contributed by atoms with van der Waals surface area (Å²) in [5.74, 6) is -0.581. The number of anilines is 1. The molecular formula is C23H23N3O4S. The van der Waals surface area contributed by atoms with Crippen LogP contribution in [0.1, 0.15) is 16.8 Å². The number of rotatable bonds is 6. The van der Waals surface area contributed by atoms with Crippen molar-refractivity contribution in [2.24, 2.45) is 0 Å². The number of carbonyl (C=O) groups excluding carboxylic acids is 1. The van der Waals surface area contributed by atoms with Gasteiger partial charge in [0.25, 0.3) is 5.91 Å². The van der Waals surface area contributed by atoms with Crippen LogP contribution >= 0.6 is 0 Å². The van der Waals surface area contributed by atoms with Gasteiger partial charge in [-0.2, -0.15) is 4.31 Å². The smallest absolute Gasteiger partial charge is 0.274 e. The van der Waals surface area contributed by atoms with Crippen LogP contribution in [0.4, 0.5) is 5.69 Å². The average Bonchev–Trinajstić information content (AvgIpc) is 3.29. The van der Waals surface area contributed by atoms with Crippen molar-refractivity contribution in [3.63, 3.8) is 0 Å². The number of nitrogens with zero attached hydrogens (tertiary/aromatic N) is 1. The monoisotopic (exact) mass is 437 g/mol. The molecule has 0 radical (unpaired) electrons. The molecule has 1 heterocycles. The first-order valence-corrected chi connectivity index (χ1v) is 11.4. The van der Waals surface area contributed by atoms with Crippen molar-refractivity contribution in [3.05, 3.63) is 84.4 Å². The third kappa shape index (κ3) is 4.61. The molecule has 31 heavy (non-hydrogen) atoms. The molecule has 8 heteroatoms. The van der Waals surface area contributed by atoms with Crippen LogP contribution in [0.5, 0.6) is 0 Å². The van der Waals surface area contributed by atoms with Gasteiger partial charge in [-0.1, -0.05) is 42.5 Å². The number of carbonyl (C=O) groups is 1. The lowest BCUT2D eigenvalue weighted by atomic mass is 10.1. The van der Waals surface area contributed by atoms with Crippen molar-refractivity contribution in [2.45, 2.75) is 17.4 Å². The maximum atomic E-state index is 13.1. The highest BCUT2D eigenvalue weighted by Crippen LogP contribution is 2.26. The molecule has 1 unspecified atom stereocenters. The molecule has 0 spiro atoms. The molecule has 160 valence electrons. The highest BCUT2D eigenvalue weighted by molar-refractivity contribution is 7.89. The van der Waals surface area contributed by atoms with Gasteiger partial charge in [0, 0.05) is 30.4 Å². The van der Waals surface area contributed by atoms with Gasteiger partial charge in [-0.05, 0) is 53.9 Å². The minimum Gasteiger partial charge on any atom is -0.381 e. The maximum absolute atomic E-state index is 13.1. The van der Waals surface area contributed by atoms with Crippen molar-refractivity contribution in [1.82, 2.24) is 9.79 Å². The van der Waals surface area contributed by atoms with E-state index in [2.05, 4.69) is 5.32 Å². The molecule has 3 aromatic carbocycles. The topological polar surface area (TPSA) is 98.7 Å². The molecule has 0 aromatic heterocycles. The molecule has 1 fully saturated rings. The van der Waals surface area contributed by atoms with E-state index in [0.717, 1.165) is 16.8 Å². The van der Waals surface area contributed by atoms with E-state index in [4.69, 9.17) is 5.21 Å². The Morgan fingerprint density at radius 3 is 2.19 bits per heavy atom. The number of benzene rings is 3. The summed E-state index contributed by atoms with van der Waals surface area (Å²) in [5.41, 5.74) is 4.72. The number of hydroxylamine groups is 1. The number of amides is 1. The van der Waals surface area contributed by atoms with Crippen LogP contribution in [0, 0.1) is 0 Å². The lowest BCUT2D eigenvalue weighted by molar-refractivity contribution is 0.0706. The first-order chi connectivity index (χ1) is 15.0. The molecule has 3 aromatic rings. The van der Waals surface area contributed by atoms with Crippen LogP contribution in [-0.4, -0.2) is 43.0 Å². The number of hydrogen-bond acceptors (Lipinski definition) is 5.